The summed E-state index contributed by atoms with van der Waals surface area (Å²) in [5, 5.41) is 9.35. The first-order valence-electron chi connectivity index (χ1n) is 11.0. The molecule has 2 aliphatic heterocycles. The highest BCUT2D eigenvalue weighted by Gasteiger charge is 2.29. The van der Waals surface area contributed by atoms with Gasteiger partial charge in [0.15, 0.2) is 0 Å². The quantitative estimate of drug-likeness (QED) is 0.547. The van der Waals surface area contributed by atoms with Crippen LogP contribution in [0.25, 0.3) is 0 Å². The molecule has 2 aliphatic carbocycles. The molecular formula is C22H41ClO4. The van der Waals surface area contributed by atoms with E-state index in [2.05, 4.69) is 27.7 Å². The van der Waals surface area contributed by atoms with E-state index in [1.165, 1.54) is 32.1 Å². The molecule has 8 unspecified atom stereocenters. The molecule has 4 rings (SSSR count). The van der Waals surface area contributed by atoms with Gasteiger partial charge in [-0.2, -0.15) is 0 Å². The summed E-state index contributed by atoms with van der Waals surface area (Å²) in [5.41, 5.74) is 0. The highest BCUT2D eigenvalue weighted by molar-refractivity contribution is 6.18. The molecule has 0 aromatic rings. The Morgan fingerprint density at radius 3 is 1.85 bits per heavy atom. The molecule has 0 radical (unpaired) electrons. The van der Waals surface area contributed by atoms with Crippen molar-refractivity contribution in [3.8, 4) is 0 Å². The fourth-order valence-electron chi connectivity index (χ4n) is 3.77. The summed E-state index contributed by atoms with van der Waals surface area (Å²) in [6.07, 6.45) is 8.77. The topological polar surface area (TPSA) is 54.5 Å². The van der Waals surface area contributed by atoms with Gasteiger partial charge in [0, 0.05) is 0 Å². The summed E-state index contributed by atoms with van der Waals surface area (Å²) in [7, 11) is 0. The summed E-state index contributed by atoms with van der Waals surface area (Å²) in [6.45, 7) is 11.6. The Morgan fingerprint density at radius 2 is 1.41 bits per heavy atom. The van der Waals surface area contributed by atoms with Crippen LogP contribution in [0.2, 0.25) is 0 Å². The zero-order valence-electron chi connectivity index (χ0n) is 17.7. The molecule has 4 aliphatic rings. The minimum atomic E-state index is -0.0197. The summed E-state index contributed by atoms with van der Waals surface area (Å²) in [6, 6.07) is 0. The van der Waals surface area contributed by atoms with Crippen molar-refractivity contribution in [3.63, 3.8) is 0 Å². The second kappa shape index (κ2) is 12.0. The maximum absolute atomic E-state index is 9.35. The van der Waals surface area contributed by atoms with Gasteiger partial charge < -0.3 is 19.3 Å². The van der Waals surface area contributed by atoms with Crippen molar-refractivity contribution in [2.24, 2.45) is 23.7 Å². The molecule has 4 fully saturated rings. The van der Waals surface area contributed by atoms with Crippen LogP contribution >= 0.6 is 11.6 Å². The second-order valence-electron chi connectivity index (χ2n) is 9.30. The number of rotatable bonds is 4. The zero-order chi connectivity index (χ0) is 19.8. The number of aliphatic hydroxyl groups is 1. The number of halogens is 1. The van der Waals surface area contributed by atoms with E-state index in [1.807, 2.05) is 0 Å². The molecular weight excluding hydrogens is 364 g/mol. The summed E-state index contributed by atoms with van der Waals surface area (Å²) in [4.78, 5) is 0. The van der Waals surface area contributed by atoms with Crippen LogP contribution in [0.3, 0.4) is 0 Å². The number of epoxide rings is 2. The average Bonchev–Trinajstić information content (AvgIpc) is 3.54. The standard InChI is InChI=1S/C11H20O2.C8H16O.C3H5ClO/c1-8-3-4-9(2)11(5-8)13-7-10-6-12-10;1-6-3-4-7(2)8(9)5-6;4-1-3-2-5-3/h8-11H,3-7H2,1-2H3;6-9H,3-5H2,1-2H3;3H,1-2H2. The van der Waals surface area contributed by atoms with Gasteiger partial charge in [-0.1, -0.05) is 40.5 Å². The minimum absolute atomic E-state index is 0.0197. The van der Waals surface area contributed by atoms with Gasteiger partial charge >= 0.3 is 0 Å². The monoisotopic (exact) mass is 404 g/mol. The fourth-order valence-corrected chi connectivity index (χ4v) is 3.95. The Morgan fingerprint density at radius 1 is 0.852 bits per heavy atom. The van der Waals surface area contributed by atoms with E-state index in [4.69, 9.17) is 25.8 Å². The molecule has 2 saturated carbocycles. The van der Waals surface area contributed by atoms with Gasteiger partial charge in [-0.15, -0.1) is 11.6 Å². The van der Waals surface area contributed by atoms with E-state index < -0.39 is 0 Å². The first kappa shape index (κ1) is 23.4. The normalized spacial score (nSPS) is 42.9. The predicted molar refractivity (Wildman–Crippen MR) is 110 cm³/mol. The lowest BCUT2D eigenvalue weighted by molar-refractivity contribution is -0.0236. The van der Waals surface area contributed by atoms with Crippen molar-refractivity contribution in [2.45, 2.75) is 90.6 Å². The van der Waals surface area contributed by atoms with Gasteiger partial charge in [0.2, 0.25) is 0 Å². The molecule has 0 amide bonds. The number of hydrogen-bond donors (Lipinski definition) is 1. The van der Waals surface area contributed by atoms with E-state index in [0.717, 1.165) is 44.0 Å². The summed E-state index contributed by atoms with van der Waals surface area (Å²) >= 11 is 5.27. The highest BCUT2D eigenvalue weighted by atomic mass is 35.5. The van der Waals surface area contributed by atoms with E-state index in [-0.39, 0.29) is 6.10 Å². The molecule has 1 N–H and O–H groups in total. The van der Waals surface area contributed by atoms with E-state index in [0.29, 0.717) is 30.1 Å². The Bertz CT molecular complexity index is 400. The molecule has 8 atom stereocenters. The maximum Gasteiger partial charge on any atom is 0.104 e. The second-order valence-corrected chi connectivity index (χ2v) is 9.60. The first-order chi connectivity index (χ1) is 12.9. The Kier molecular flexibility index (Phi) is 10.4. The van der Waals surface area contributed by atoms with Crippen LogP contribution in [-0.2, 0) is 14.2 Å². The number of aliphatic hydroxyl groups excluding tert-OH is 1. The molecule has 2 saturated heterocycles. The molecule has 5 heteroatoms. The average molecular weight is 405 g/mol. The molecule has 0 bridgehead atoms. The van der Waals surface area contributed by atoms with Crippen molar-refractivity contribution < 1.29 is 19.3 Å². The van der Waals surface area contributed by atoms with Crippen LogP contribution in [0.4, 0.5) is 0 Å². The van der Waals surface area contributed by atoms with Crippen LogP contribution in [0.1, 0.15) is 66.2 Å². The van der Waals surface area contributed by atoms with Gasteiger partial charge in [-0.3, -0.25) is 0 Å². The molecule has 0 aromatic carbocycles. The van der Waals surface area contributed by atoms with E-state index >= 15 is 0 Å². The molecule has 2 heterocycles. The Hall–Kier alpha value is 0.130. The van der Waals surface area contributed by atoms with Crippen LogP contribution in [-0.4, -0.2) is 55.2 Å². The van der Waals surface area contributed by atoms with Crippen LogP contribution in [0.15, 0.2) is 0 Å². The van der Waals surface area contributed by atoms with Gasteiger partial charge in [0.05, 0.1) is 44.0 Å². The van der Waals surface area contributed by atoms with Crippen molar-refractivity contribution in [2.75, 3.05) is 25.7 Å². The maximum atomic E-state index is 9.35. The van der Waals surface area contributed by atoms with Crippen LogP contribution < -0.4 is 0 Å². The lowest BCUT2D eigenvalue weighted by Gasteiger charge is -2.32. The van der Waals surface area contributed by atoms with Gasteiger partial charge in [0.25, 0.3) is 0 Å². The van der Waals surface area contributed by atoms with Crippen molar-refractivity contribution in [3.05, 3.63) is 0 Å². The lowest BCUT2D eigenvalue weighted by Crippen LogP contribution is -2.30. The Balaban J connectivity index is 0.000000161. The summed E-state index contributed by atoms with van der Waals surface area (Å²) < 4.78 is 15.7. The van der Waals surface area contributed by atoms with Gasteiger partial charge in [0.1, 0.15) is 6.10 Å². The molecule has 0 spiro atoms. The minimum Gasteiger partial charge on any atom is -0.393 e. The third kappa shape index (κ3) is 9.94. The number of ether oxygens (including phenoxy) is 3. The van der Waals surface area contributed by atoms with E-state index in [1.54, 1.807) is 0 Å². The number of alkyl halides is 1. The fraction of sp³-hybridized carbons (Fsp3) is 1.00. The predicted octanol–water partition coefficient (Wildman–Crippen LogP) is 4.65. The third-order valence-corrected chi connectivity index (χ3v) is 6.62. The van der Waals surface area contributed by atoms with Crippen molar-refractivity contribution in [1.82, 2.24) is 0 Å². The summed E-state index contributed by atoms with van der Waals surface area (Å²) in [5.74, 6) is 3.55. The SMILES string of the molecule is CC1CCC(C)C(O)C1.CC1CCC(C)C(OCC2CO2)C1.ClCC1CO1. The third-order valence-electron chi connectivity index (χ3n) is 6.27. The van der Waals surface area contributed by atoms with Crippen molar-refractivity contribution >= 4 is 11.6 Å². The van der Waals surface area contributed by atoms with Crippen LogP contribution in [0, 0.1) is 23.7 Å². The van der Waals surface area contributed by atoms with Gasteiger partial charge in [-0.05, 0) is 49.4 Å². The van der Waals surface area contributed by atoms with Crippen LogP contribution in [0.5, 0.6) is 0 Å². The first-order valence-corrected chi connectivity index (χ1v) is 11.5. The molecule has 4 nitrogen and oxygen atoms in total. The molecule has 0 aromatic heterocycles. The smallest absolute Gasteiger partial charge is 0.104 e. The molecule has 27 heavy (non-hydrogen) atoms. The highest BCUT2D eigenvalue weighted by Crippen LogP contribution is 2.31. The lowest BCUT2D eigenvalue weighted by atomic mass is 9.82. The van der Waals surface area contributed by atoms with E-state index in [9.17, 15) is 5.11 Å². The van der Waals surface area contributed by atoms with Crippen molar-refractivity contribution in [1.29, 1.82) is 0 Å². The zero-order valence-corrected chi connectivity index (χ0v) is 18.5. The Labute approximate surface area is 171 Å². The largest absolute Gasteiger partial charge is 0.393 e. The van der Waals surface area contributed by atoms with Gasteiger partial charge in [-0.25, -0.2) is 0 Å². The molecule has 160 valence electrons. The number of hydrogen-bond acceptors (Lipinski definition) is 4.